The summed E-state index contributed by atoms with van der Waals surface area (Å²) >= 11 is 9.33. The summed E-state index contributed by atoms with van der Waals surface area (Å²) in [6.07, 6.45) is 0.976. The van der Waals surface area contributed by atoms with Gasteiger partial charge in [0.1, 0.15) is 0 Å². The van der Waals surface area contributed by atoms with Crippen molar-refractivity contribution in [2.45, 2.75) is 19.6 Å². The second-order valence-electron chi connectivity index (χ2n) is 3.80. The molecule has 0 fully saturated rings. The predicted molar refractivity (Wildman–Crippen MR) is 71.1 cm³/mol. The number of nitrogens with zero attached hydrogens (tertiary/aromatic N) is 2. The van der Waals surface area contributed by atoms with Crippen LogP contribution in [0.25, 0.3) is 0 Å². The fourth-order valence-electron chi connectivity index (χ4n) is 1.62. The molecule has 2 rings (SSSR count). The van der Waals surface area contributed by atoms with Crippen LogP contribution in [0.1, 0.15) is 17.4 Å². The van der Waals surface area contributed by atoms with Crippen LogP contribution >= 0.6 is 27.5 Å². The quantitative estimate of drug-likeness (QED) is 0.943. The molecule has 3 nitrogen and oxygen atoms in total. The normalized spacial score (nSPS) is 12.7. The summed E-state index contributed by atoms with van der Waals surface area (Å²) in [5, 5.41) is 14.9. The van der Waals surface area contributed by atoms with E-state index in [0.29, 0.717) is 11.6 Å². The van der Waals surface area contributed by atoms with Crippen molar-refractivity contribution >= 4 is 27.5 Å². The van der Waals surface area contributed by atoms with Gasteiger partial charge in [-0.05, 0) is 18.6 Å². The van der Waals surface area contributed by atoms with E-state index in [1.807, 2.05) is 31.2 Å². The minimum atomic E-state index is -0.611. The number of aliphatic hydroxyl groups excluding tert-OH is 1. The summed E-state index contributed by atoms with van der Waals surface area (Å²) in [7, 11) is 0. The first-order valence-corrected chi connectivity index (χ1v) is 6.37. The van der Waals surface area contributed by atoms with E-state index in [2.05, 4.69) is 21.0 Å². The van der Waals surface area contributed by atoms with Gasteiger partial charge in [0.25, 0.3) is 0 Å². The molecule has 0 bridgehead atoms. The number of aliphatic hydroxyl groups is 1. The van der Waals surface area contributed by atoms with Crippen LogP contribution in [0.5, 0.6) is 0 Å². The minimum Gasteiger partial charge on any atom is -0.386 e. The van der Waals surface area contributed by atoms with Crippen molar-refractivity contribution in [1.29, 1.82) is 0 Å². The Balaban J connectivity index is 2.20. The minimum absolute atomic E-state index is 0.390. The van der Waals surface area contributed by atoms with Crippen LogP contribution < -0.4 is 0 Å². The molecule has 1 aromatic carbocycles. The molecule has 0 saturated carbocycles. The van der Waals surface area contributed by atoms with E-state index < -0.39 is 6.10 Å². The van der Waals surface area contributed by atoms with Gasteiger partial charge in [0, 0.05) is 4.47 Å². The standard InChI is InChI=1S/C12H12BrClN2O/c1-8-11(14)6-15-16(8)7-12(17)9-4-2-3-5-10(9)13/h2-6,12,17H,7H2,1H3. The fraction of sp³-hybridized carbons (Fsp3) is 0.250. The number of halogens is 2. The Hall–Kier alpha value is -0.840. The van der Waals surface area contributed by atoms with Gasteiger partial charge in [-0.15, -0.1) is 0 Å². The van der Waals surface area contributed by atoms with Crippen LogP contribution in [-0.2, 0) is 6.54 Å². The van der Waals surface area contributed by atoms with E-state index in [0.717, 1.165) is 15.7 Å². The Bertz CT molecular complexity index is 527. The fourth-order valence-corrected chi connectivity index (χ4v) is 2.31. The average Bonchev–Trinajstić information content (AvgIpc) is 2.61. The summed E-state index contributed by atoms with van der Waals surface area (Å²) in [4.78, 5) is 0. The lowest BCUT2D eigenvalue weighted by Gasteiger charge is -2.14. The third kappa shape index (κ3) is 2.70. The molecular formula is C12H12BrClN2O. The highest BCUT2D eigenvalue weighted by Crippen LogP contribution is 2.25. The molecule has 1 atom stereocenters. The molecule has 17 heavy (non-hydrogen) atoms. The van der Waals surface area contributed by atoms with E-state index in [-0.39, 0.29) is 0 Å². The monoisotopic (exact) mass is 314 g/mol. The lowest BCUT2D eigenvalue weighted by molar-refractivity contribution is 0.150. The summed E-state index contributed by atoms with van der Waals surface area (Å²) in [6, 6.07) is 7.60. The molecule has 90 valence electrons. The van der Waals surface area contributed by atoms with Crippen LogP contribution in [0, 0.1) is 6.92 Å². The molecule has 1 heterocycles. The van der Waals surface area contributed by atoms with E-state index >= 15 is 0 Å². The third-order valence-electron chi connectivity index (χ3n) is 2.65. The average molecular weight is 316 g/mol. The van der Waals surface area contributed by atoms with Crippen molar-refractivity contribution in [1.82, 2.24) is 9.78 Å². The van der Waals surface area contributed by atoms with Gasteiger partial charge in [-0.3, -0.25) is 4.68 Å². The van der Waals surface area contributed by atoms with Gasteiger partial charge >= 0.3 is 0 Å². The Kier molecular flexibility index (Phi) is 3.86. The number of benzene rings is 1. The lowest BCUT2D eigenvalue weighted by Crippen LogP contribution is -2.11. The molecule has 0 aliphatic heterocycles. The number of hydrogen-bond acceptors (Lipinski definition) is 2. The first kappa shape index (κ1) is 12.6. The highest BCUT2D eigenvalue weighted by atomic mass is 79.9. The SMILES string of the molecule is Cc1c(Cl)cnn1CC(O)c1ccccc1Br. The Morgan fingerprint density at radius 2 is 2.18 bits per heavy atom. The molecule has 0 spiro atoms. The highest BCUT2D eigenvalue weighted by molar-refractivity contribution is 9.10. The highest BCUT2D eigenvalue weighted by Gasteiger charge is 2.13. The van der Waals surface area contributed by atoms with Crippen LogP contribution in [-0.4, -0.2) is 14.9 Å². The second kappa shape index (κ2) is 5.21. The van der Waals surface area contributed by atoms with E-state index in [4.69, 9.17) is 11.6 Å². The van der Waals surface area contributed by atoms with Crippen molar-refractivity contribution in [2.75, 3.05) is 0 Å². The van der Waals surface area contributed by atoms with E-state index in [1.165, 1.54) is 0 Å². The van der Waals surface area contributed by atoms with Crippen LogP contribution in [0.3, 0.4) is 0 Å². The van der Waals surface area contributed by atoms with Crippen molar-refractivity contribution in [3.63, 3.8) is 0 Å². The zero-order valence-electron chi connectivity index (χ0n) is 9.27. The molecule has 0 saturated heterocycles. The molecule has 1 aromatic heterocycles. The maximum atomic E-state index is 10.2. The lowest BCUT2D eigenvalue weighted by atomic mass is 10.1. The summed E-state index contributed by atoms with van der Waals surface area (Å²) in [5.41, 5.74) is 1.70. The summed E-state index contributed by atoms with van der Waals surface area (Å²) in [6.45, 7) is 2.27. The van der Waals surface area contributed by atoms with Gasteiger partial charge in [-0.2, -0.15) is 5.10 Å². The van der Waals surface area contributed by atoms with Crippen molar-refractivity contribution in [2.24, 2.45) is 0 Å². The Morgan fingerprint density at radius 1 is 1.47 bits per heavy atom. The maximum Gasteiger partial charge on any atom is 0.0996 e. The van der Waals surface area contributed by atoms with Crippen LogP contribution in [0.2, 0.25) is 5.02 Å². The van der Waals surface area contributed by atoms with Gasteiger partial charge in [-0.25, -0.2) is 0 Å². The van der Waals surface area contributed by atoms with Gasteiger partial charge in [0.15, 0.2) is 0 Å². The molecule has 5 heteroatoms. The van der Waals surface area contributed by atoms with Crippen molar-refractivity contribution in [3.05, 3.63) is 51.2 Å². The molecule has 1 N–H and O–H groups in total. The molecule has 2 aromatic rings. The zero-order valence-corrected chi connectivity index (χ0v) is 11.6. The van der Waals surface area contributed by atoms with Gasteiger partial charge in [-0.1, -0.05) is 45.7 Å². The number of aromatic nitrogens is 2. The molecule has 1 unspecified atom stereocenters. The van der Waals surface area contributed by atoms with Gasteiger partial charge < -0.3 is 5.11 Å². The molecule has 0 radical (unpaired) electrons. The van der Waals surface area contributed by atoms with Crippen LogP contribution in [0.4, 0.5) is 0 Å². The van der Waals surface area contributed by atoms with Gasteiger partial charge in [0.2, 0.25) is 0 Å². The third-order valence-corrected chi connectivity index (χ3v) is 3.75. The maximum absolute atomic E-state index is 10.2. The van der Waals surface area contributed by atoms with Crippen LogP contribution in [0.15, 0.2) is 34.9 Å². The summed E-state index contributed by atoms with van der Waals surface area (Å²) < 4.78 is 2.59. The topological polar surface area (TPSA) is 38.0 Å². The summed E-state index contributed by atoms with van der Waals surface area (Å²) in [5.74, 6) is 0. The smallest absolute Gasteiger partial charge is 0.0996 e. The molecule has 0 aliphatic carbocycles. The second-order valence-corrected chi connectivity index (χ2v) is 5.06. The van der Waals surface area contributed by atoms with Crippen molar-refractivity contribution in [3.8, 4) is 0 Å². The van der Waals surface area contributed by atoms with E-state index in [9.17, 15) is 5.11 Å². The Morgan fingerprint density at radius 3 is 2.76 bits per heavy atom. The molecule has 0 aliphatic rings. The van der Waals surface area contributed by atoms with E-state index in [1.54, 1.807) is 10.9 Å². The van der Waals surface area contributed by atoms with Crippen molar-refractivity contribution < 1.29 is 5.11 Å². The molecular weight excluding hydrogens is 304 g/mol. The Labute approximate surface area is 113 Å². The number of hydrogen-bond donors (Lipinski definition) is 1. The zero-order chi connectivity index (χ0) is 12.4. The predicted octanol–water partition coefficient (Wildman–Crippen LogP) is 3.34. The van der Waals surface area contributed by atoms with Gasteiger partial charge in [0.05, 0.1) is 29.6 Å². The molecule has 0 amide bonds. The largest absolute Gasteiger partial charge is 0.386 e. The number of rotatable bonds is 3. The first-order chi connectivity index (χ1) is 8.09. The first-order valence-electron chi connectivity index (χ1n) is 5.20.